The molecule has 0 saturated heterocycles. The average Bonchev–Trinajstić information content (AvgIpc) is 2.53. The van der Waals surface area contributed by atoms with Gasteiger partial charge in [-0.05, 0) is 46.9 Å². The summed E-state index contributed by atoms with van der Waals surface area (Å²) in [5.41, 5.74) is 0.676. The van der Waals surface area contributed by atoms with Crippen LogP contribution in [0.25, 0.3) is 0 Å². The van der Waals surface area contributed by atoms with E-state index < -0.39 is 0 Å². The Labute approximate surface area is 136 Å². The molecule has 5 heteroatoms. The molecule has 1 aliphatic heterocycles. The van der Waals surface area contributed by atoms with Gasteiger partial charge in [-0.2, -0.15) is 0 Å². The molecular weight excluding hydrogens is 381 g/mol. The molecule has 4 nitrogen and oxygen atoms in total. The summed E-state index contributed by atoms with van der Waals surface area (Å²) in [6.45, 7) is 0.849. The molecule has 1 N–H and O–H groups in total. The second-order valence-electron chi connectivity index (χ2n) is 4.69. The number of fused-ring (bicyclic) bond motifs is 1. The van der Waals surface area contributed by atoms with Gasteiger partial charge in [0.25, 0.3) is 5.91 Å². The fourth-order valence-electron chi connectivity index (χ4n) is 2.11. The van der Waals surface area contributed by atoms with Crippen molar-refractivity contribution in [2.24, 2.45) is 0 Å². The number of benzene rings is 2. The average molecular weight is 395 g/mol. The highest BCUT2D eigenvalue weighted by Gasteiger charge is 2.21. The SMILES string of the molecule is O=C(NCC1COc2ccccc2O1)c1ccccc1I. The summed E-state index contributed by atoms with van der Waals surface area (Å²) in [6.07, 6.45) is -0.176. The van der Waals surface area contributed by atoms with Gasteiger partial charge in [-0.3, -0.25) is 4.79 Å². The summed E-state index contributed by atoms with van der Waals surface area (Å²) in [5.74, 6) is 1.37. The van der Waals surface area contributed by atoms with Gasteiger partial charge in [0.1, 0.15) is 12.7 Å². The summed E-state index contributed by atoms with van der Waals surface area (Å²) in [7, 11) is 0. The van der Waals surface area contributed by atoms with Crippen LogP contribution in [0.4, 0.5) is 0 Å². The highest BCUT2D eigenvalue weighted by Crippen LogP contribution is 2.30. The number of carbonyl (C=O) groups is 1. The van der Waals surface area contributed by atoms with Crippen LogP contribution in [-0.2, 0) is 0 Å². The van der Waals surface area contributed by atoms with Crippen molar-refractivity contribution < 1.29 is 14.3 Å². The second kappa shape index (κ2) is 6.34. The molecule has 0 spiro atoms. The number of nitrogens with one attached hydrogen (secondary N) is 1. The van der Waals surface area contributed by atoms with Crippen LogP contribution in [0, 0.1) is 3.57 Å². The van der Waals surface area contributed by atoms with Crippen LogP contribution in [0.15, 0.2) is 48.5 Å². The number of para-hydroxylation sites is 2. The first-order valence-corrected chi connectivity index (χ1v) is 7.73. The molecule has 3 rings (SSSR count). The third kappa shape index (κ3) is 3.29. The Balaban J connectivity index is 1.59. The van der Waals surface area contributed by atoms with Crippen molar-refractivity contribution >= 4 is 28.5 Å². The first kappa shape index (κ1) is 14.2. The molecule has 108 valence electrons. The first-order chi connectivity index (χ1) is 10.2. The highest BCUT2D eigenvalue weighted by molar-refractivity contribution is 14.1. The van der Waals surface area contributed by atoms with Crippen LogP contribution in [0.3, 0.4) is 0 Å². The topological polar surface area (TPSA) is 47.6 Å². The number of rotatable bonds is 3. The molecule has 2 aromatic carbocycles. The van der Waals surface area contributed by atoms with Crippen LogP contribution >= 0.6 is 22.6 Å². The quantitative estimate of drug-likeness (QED) is 0.814. The molecule has 1 heterocycles. The third-order valence-corrected chi connectivity index (χ3v) is 4.12. The van der Waals surface area contributed by atoms with Crippen molar-refractivity contribution in [2.45, 2.75) is 6.10 Å². The van der Waals surface area contributed by atoms with Gasteiger partial charge in [0.15, 0.2) is 11.5 Å². The first-order valence-electron chi connectivity index (χ1n) is 6.65. The Kier molecular flexibility index (Phi) is 4.28. The number of carbonyl (C=O) groups excluding carboxylic acids is 1. The molecule has 1 amide bonds. The van der Waals surface area contributed by atoms with Crippen molar-refractivity contribution in [3.05, 3.63) is 57.7 Å². The van der Waals surface area contributed by atoms with Gasteiger partial charge in [0.2, 0.25) is 0 Å². The lowest BCUT2D eigenvalue weighted by atomic mass is 10.2. The maximum absolute atomic E-state index is 12.1. The largest absolute Gasteiger partial charge is 0.486 e. The van der Waals surface area contributed by atoms with Crippen LogP contribution in [0.2, 0.25) is 0 Å². The van der Waals surface area contributed by atoms with E-state index in [4.69, 9.17) is 9.47 Å². The molecule has 21 heavy (non-hydrogen) atoms. The van der Waals surface area contributed by atoms with E-state index >= 15 is 0 Å². The van der Waals surface area contributed by atoms with E-state index in [1.54, 1.807) is 0 Å². The maximum atomic E-state index is 12.1. The Morgan fingerprint density at radius 1 is 1.14 bits per heavy atom. The van der Waals surface area contributed by atoms with E-state index in [1.165, 1.54) is 0 Å². The predicted molar refractivity (Wildman–Crippen MR) is 87.8 cm³/mol. The number of amides is 1. The molecule has 0 radical (unpaired) electrons. The van der Waals surface area contributed by atoms with Crippen molar-refractivity contribution in [2.75, 3.05) is 13.2 Å². The fraction of sp³-hybridized carbons (Fsp3) is 0.188. The Hall–Kier alpha value is -1.76. The van der Waals surface area contributed by atoms with Crippen LogP contribution in [0.5, 0.6) is 11.5 Å². The monoisotopic (exact) mass is 395 g/mol. The number of hydrogen-bond acceptors (Lipinski definition) is 3. The Morgan fingerprint density at radius 2 is 1.86 bits per heavy atom. The van der Waals surface area contributed by atoms with Crippen LogP contribution in [-0.4, -0.2) is 25.2 Å². The van der Waals surface area contributed by atoms with E-state index in [2.05, 4.69) is 27.9 Å². The van der Waals surface area contributed by atoms with Gasteiger partial charge in [0.05, 0.1) is 12.1 Å². The summed E-state index contributed by atoms with van der Waals surface area (Å²) in [6, 6.07) is 15.0. The van der Waals surface area contributed by atoms with E-state index in [-0.39, 0.29) is 12.0 Å². The van der Waals surface area contributed by atoms with Gasteiger partial charge in [0, 0.05) is 3.57 Å². The summed E-state index contributed by atoms with van der Waals surface area (Å²) in [4.78, 5) is 12.1. The molecule has 0 aliphatic carbocycles. The number of ether oxygens (including phenoxy) is 2. The van der Waals surface area contributed by atoms with E-state index in [0.29, 0.717) is 18.7 Å². The maximum Gasteiger partial charge on any atom is 0.252 e. The van der Waals surface area contributed by atoms with Crippen LogP contribution in [0.1, 0.15) is 10.4 Å². The van der Waals surface area contributed by atoms with Crippen molar-refractivity contribution in [3.8, 4) is 11.5 Å². The lowest BCUT2D eigenvalue weighted by Gasteiger charge is -2.26. The molecule has 0 aromatic heterocycles. The van der Waals surface area contributed by atoms with Gasteiger partial charge in [-0.15, -0.1) is 0 Å². The van der Waals surface area contributed by atoms with Crippen molar-refractivity contribution in [3.63, 3.8) is 0 Å². The molecule has 0 fully saturated rings. The van der Waals surface area contributed by atoms with E-state index in [9.17, 15) is 4.79 Å². The summed E-state index contributed by atoms with van der Waals surface area (Å²) in [5, 5.41) is 2.89. The third-order valence-electron chi connectivity index (χ3n) is 3.18. The van der Waals surface area contributed by atoms with Crippen molar-refractivity contribution in [1.82, 2.24) is 5.32 Å². The standard InChI is InChI=1S/C16H14INO3/c17-13-6-2-1-5-12(13)16(19)18-9-11-10-20-14-7-3-4-8-15(14)21-11/h1-8,11H,9-10H2,(H,18,19). The van der Waals surface area contributed by atoms with Gasteiger partial charge in [-0.25, -0.2) is 0 Å². The number of halogens is 1. The zero-order valence-electron chi connectivity index (χ0n) is 11.2. The highest BCUT2D eigenvalue weighted by atomic mass is 127. The van der Waals surface area contributed by atoms with Crippen LogP contribution < -0.4 is 14.8 Å². The normalized spacial score (nSPS) is 16.3. The van der Waals surface area contributed by atoms with Gasteiger partial charge in [-0.1, -0.05) is 24.3 Å². The molecule has 0 bridgehead atoms. The molecule has 1 aliphatic rings. The molecule has 0 saturated carbocycles. The Bertz CT molecular complexity index is 659. The minimum atomic E-state index is -0.176. The number of hydrogen-bond donors (Lipinski definition) is 1. The summed E-state index contributed by atoms with van der Waals surface area (Å²) < 4.78 is 12.4. The lowest BCUT2D eigenvalue weighted by molar-refractivity contribution is 0.0788. The zero-order chi connectivity index (χ0) is 14.7. The predicted octanol–water partition coefficient (Wildman–Crippen LogP) is 2.86. The van der Waals surface area contributed by atoms with Gasteiger partial charge < -0.3 is 14.8 Å². The molecule has 1 atom stereocenters. The summed E-state index contributed by atoms with van der Waals surface area (Å²) >= 11 is 2.15. The second-order valence-corrected chi connectivity index (χ2v) is 5.85. The lowest BCUT2D eigenvalue weighted by Crippen LogP contribution is -2.40. The Morgan fingerprint density at radius 3 is 2.67 bits per heavy atom. The minimum Gasteiger partial charge on any atom is -0.486 e. The van der Waals surface area contributed by atoms with Crippen molar-refractivity contribution in [1.29, 1.82) is 0 Å². The molecule has 2 aromatic rings. The van der Waals surface area contributed by atoms with E-state index in [0.717, 1.165) is 15.1 Å². The zero-order valence-corrected chi connectivity index (χ0v) is 13.4. The molecular formula is C16H14INO3. The smallest absolute Gasteiger partial charge is 0.252 e. The van der Waals surface area contributed by atoms with E-state index in [1.807, 2.05) is 48.5 Å². The minimum absolute atomic E-state index is 0.0949. The van der Waals surface area contributed by atoms with Gasteiger partial charge >= 0.3 is 0 Å². The fourth-order valence-corrected chi connectivity index (χ4v) is 2.74. The molecule has 1 unspecified atom stereocenters.